The predicted octanol–water partition coefficient (Wildman–Crippen LogP) is 5.24. The van der Waals surface area contributed by atoms with Gasteiger partial charge in [-0.1, -0.05) is 12.1 Å². The molecule has 2 saturated heterocycles. The summed E-state index contributed by atoms with van der Waals surface area (Å²) < 4.78 is 110. The second-order valence-electron chi connectivity index (χ2n) is 9.18. The van der Waals surface area contributed by atoms with Gasteiger partial charge in [0.15, 0.2) is 6.10 Å². The van der Waals surface area contributed by atoms with Crippen LogP contribution in [-0.4, -0.2) is 50.5 Å². The Bertz CT molecular complexity index is 1250. The van der Waals surface area contributed by atoms with E-state index in [1.165, 1.54) is 35.2 Å². The number of anilines is 1. The fourth-order valence-electron chi connectivity index (χ4n) is 4.73. The van der Waals surface area contributed by atoms with E-state index in [2.05, 4.69) is 0 Å². The average Bonchev–Trinajstić information content (AvgIpc) is 3.14. The number of carbonyl (C=O) groups excluding carboxylic acids is 1. The van der Waals surface area contributed by atoms with Crippen LogP contribution >= 0.6 is 0 Å². The first-order valence-corrected chi connectivity index (χ1v) is 12.9. The number of nitrogens with zero attached hydrogens (tertiary/aromatic N) is 2. The van der Waals surface area contributed by atoms with Crippen molar-refractivity contribution in [1.29, 1.82) is 0 Å². The summed E-state index contributed by atoms with van der Waals surface area (Å²) in [5.41, 5.74) is -1.64. The van der Waals surface area contributed by atoms with Gasteiger partial charge in [-0.15, -0.1) is 0 Å². The average molecular weight is 551 g/mol. The third kappa shape index (κ3) is 5.28. The molecule has 2 heterocycles. The Balaban J connectivity index is 1.45. The van der Waals surface area contributed by atoms with Crippen LogP contribution in [-0.2, 0) is 21.0 Å². The van der Waals surface area contributed by atoms with Gasteiger partial charge in [-0.25, -0.2) is 8.42 Å². The molecule has 13 heteroatoms. The maximum atomic E-state index is 13.4. The molecule has 2 aromatic carbocycles. The molecule has 4 rings (SSSR count). The Kier molecular flexibility index (Phi) is 6.99. The van der Waals surface area contributed by atoms with Crippen molar-refractivity contribution < 1.29 is 44.3 Å². The molecule has 0 aromatic heterocycles. The first-order chi connectivity index (χ1) is 17.1. The van der Waals surface area contributed by atoms with E-state index in [4.69, 9.17) is 4.74 Å². The molecule has 0 radical (unpaired) electrons. The molecule has 0 saturated carbocycles. The highest BCUT2D eigenvalue weighted by Crippen LogP contribution is 2.45. The molecule has 202 valence electrons. The number of halogens is 6. The minimum absolute atomic E-state index is 0.00686. The monoisotopic (exact) mass is 550 g/mol. The van der Waals surface area contributed by atoms with Crippen LogP contribution in [0.5, 0.6) is 5.75 Å². The van der Waals surface area contributed by atoms with Crippen molar-refractivity contribution in [2.75, 3.05) is 24.5 Å². The fraction of sp³-hybridized carbons (Fsp3) is 0.458. The van der Waals surface area contributed by atoms with Crippen molar-refractivity contribution >= 4 is 21.6 Å². The summed E-state index contributed by atoms with van der Waals surface area (Å²) in [5, 5.41) is 0. The molecule has 2 aromatic rings. The van der Waals surface area contributed by atoms with E-state index < -0.39 is 44.4 Å². The molecule has 1 spiro atoms. The van der Waals surface area contributed by atoms with E-state index in [1.807, 2.05) is 0 Å². The van der Waals surface area contributed by atoms with Crippen LogP contribution in [0, 0.1) is 5.41 Å². The van der Waals surface area contributed by atoms with Gasteiger partial charge in [0.2, 0.25) is 15.9 Å². The van der Waals surface area contributed by atoms with E-state index >= 15 is 0 Å². The van der Waals surface area contributed by atoms with Gasteiger partial charge in [0, 0.05) is 25.3 Å². The summed E-state index contributed by atoms with van der Waals surface area (Å²) >= 11 is 0. The number of piperidine rings is 1. The number of rotatable bonds is 5. The third-order valence-electron chi connectivity index (χ3n) is 6.92. The molecule has 2 fully saturated rings. The van der Waals surface area contributed by atoms with Gasteiger partial charge in [0.25, 0.3) is 0 Å². The zero-order valence-corrected chi connectivity index (χ0v) is 20.5. The molecule has 1 atom stereocenters. The summed E-state index contributed by atoms with van der Waals surface area (Å²) in [4.78, 5) is 14.0. The van der Waals surface area contributed by atoms with Crippen LogP contribution in [0.2, 0.25) is 0 Å². The molecule has 1 amide bonds. The van der Waals surface area contributed by atoms with E-state index in [0.717, 1.165) is 29.4 Å². The highest BCUT2D eigenvalue weighted by Gasteiger charge is 2.50. The normalized spacial score (nSPS) is 19.9. The van der Waals surface area contributed by atoms with Crippen LogP contribution < -0.4 is 9.64 Å². The maximum absolute atomic E-state index is 13.4. The third-order valence-corrected chi connectivity index (χ3v) is 8.88. The number of alkyl halides is 6. The van der Waals surface area contributed by atoms with E-state index in [-0.39, 0.29) is 37.6 Å². The Morgan fingerprint density at radius 1 is 0.892 bits per heavy atom. The molecule has 0 aliphatic carbocycles. The van der Waals surface area contributed by atoms with E-state index in [1.54, 1.807) is 0 Å². The highest BCUT2D eigenvalue weighted by molar-refractivity contribution is 7.89. The van der Waals surface area contributed by atoms with Crippen LogP contribution in [0.4, 0.5) is 32.0 Å². The largest absolute Gasteiger partial charge is 0.481 e. The zero-order chi connectivity index (χ0) is 27.2. The molecule has 0 bridgehead atoms. The van der Waals surface area contributed by atoms with Gasteiger partial charge < -0.3 is 9.64 Å². The Hall–Kier alpha value is -2.80. The van der Waals surface area contributed by atoms with E-state index in [0.29, 0.717) is 18.7 Å². The molecular formula is C24H24F6N2O4S. The minimum atomic E-state index is -4.84. The quantitative estimate of drug-likeness (QED) is 0.478. The Morgan fingerprint density at radius 3 is 2.03 bits per heavy atom. The number of amides is 1. The van der Waals surface area contributed by atoms with Crippen LogP contribution in [0.1, 0.15) is 31.7 Å². The smallest absolute Gasteiger partial charge is 0.425 e. The lowest BCUT2D eigenvalue weighted by Gasteiger charge is -2.37. The Morgan fingerprint density at radius 2 is 1.46 bits per heavy atom. The van der Waals surface area contributed by atoms with Crippen molar-refractivity contribution in [3.05, 3.63) is 54.1 Å². The summed E-state index contributed by atoms with van der Waals surface area (Å²) in [7, 11) is -4.44. The molecule has 6 nitrogen and oxygen atoms in total. The molecule has 0 N–H and O–H groups in total. The summed E-state index contributed by atoms with van der Waals surface area (Å²) in [5.74, 6) is -0.259. The molecular weight excluding hydrogens is 526 g/mol. The Labute approximate surface area is 209 Å². The minimum Gasteiger partial charge on any atom is -0.481 e. The van der Waals surface area contributed by atoms with Gasteiger partial charge in [-0.05, 0) is 62.6 Å². The van der Waals surface area contributed by atoms with Crippen molar-refractivity contribution in [3.63, 3.8) is 0 Å². The van der Waals surface area contributed by atoms with Crippen molar-refractivity contribution in [2.45, 2.75) is 49.5 Å². The zero-order valence-electron chi connectivity index (χ0n) is 19.6. The first-order valence-electron chi connectivity index (χ1n) is 11.5. The highest BCUT2D eigenvalue weighted by atomic mass is 32.2. The number of ether oxygens (including phenoxy) is 1. The standard InChI is InChI=1S/C24H24F6N2O4S/c1-16(23(25,26)27)36-18-8-6-17(7-9-18)32-15-12-22(21(32)33)10-13-31(14-11-22)37(34,35)20-5-3-2-4-19(20)24(28,29)30/h2-9,16H,10-15H2,1H3. The van der Waals surface area contributed by atoms with Crippen LogP contribution in [0.25, 0.3) is 0 Å². The summed E-state index contributed by atoms with van der Waals surface area (Å²) in [6.45, 7) is 0.976. The SMILES string of the molecule is CC(Oc1ccc(N2CCC3(CCN(S(=O)(=O)c4ccccc4C(F)(F)F)CC3)C2=O)cc1)C(F)(F)F. The summed E-state index contributed by atoms with van der Waals surface area (Å²) in [6, 6.07) is 9.61. The molecule has 2 aliphatic rings. The molecule has 1 unspecified atom stereocenters. The van der Waals surface area contributed by atoms with Gasteiger partial charge in [-0.3, -0.25) is 4.79 Å². The van der Waals surface area contributed by atoms with Gasteiger partial charge >= 0.3 is 12.4 Å². The second kappa shape index (κ2) is 9.50. The number of carbonyl (C=O) groups is 1. The lowest BCUT2D eigenvalue weighted by molar-refractivity contribution is -0.189. The number of benzene rings is 2. The van der Waals surface area contributed by atoms with Crippen molar-refractivity contribution in [3.8, 4) is 5.75 Å². The summed E-state index contributed by atoms with van der Waals surface area (Å²) in [6.07, 6.45) is -10.7. The van der Waals surface area contributed by atoms with Crippen LogP contribution in [0.15, 0.2) is 53.4 Å². The number of sulfonamides is 1. The topological polar surface area (TPSA) is 66.9 Å². The predicted molar refractivity (Wildman–Crippen MR) is 121 cm³/mol. The van der Waals surface area contributed by atoms with Gasteiger partial charge in [0.1, 0.15) is 5.75 Å². The fourth-order valence-corrected chi connectivity index (χ4v) is 6.38. The van der Waals surface area contributed by atoms with Crippen LogP contribution in [0.3, 0.4) is 0 Å². The number of hydrogen-bond donors (Lipinski definition) is 0. The molecule has 2 aliphatic heterocycles. The van der Waals surface area contributed by atoms with Crippen molar-refractivity contribution in [2.24, 2.45) is 5.41 Å². The van der Waals surface area contributed by atoms with E-state index in [9.17, 15) is 39.6 Å². The lowest BCUT2D eigenvalue weighted by Crippen LogP contribution is -2.46. The molecule has 37 heavy (non-hydrogen) atoms. The maximum Gasteiger partial charge on any atom is 0.425 e. The van der Waals surface area contributed by atoms with Crippen molar-refractivity contribution in [1.82, 2.24) is 4.31 Å². The van der Waals surface area contributed by atoms with Gasteiger partial charge in [0.05, 0.1) is 15.9 Å². The van der Waals surface area contributed by atoms with Gasteiger partial charge in [-0.2, -0.15) is 30.6 Å². The first kappa shape index (κ1) is 27.2. The second-order valence-corrected chi connectivity index (χ2v) is 11.1. The lowest BCUT2D eigenvalue weighted by atomic mass is 9.77. The number of hydrogen-bond acceptors (Lipinski definition) is 4.